The Kier molecular flexibility index (Phi) is 3.25. The van der Waals surface area contributed by atoms with Gasteiger partial charge in [0, 0.05) is 36.9 Å². The number of nitrogens with zero attached hydrogens (tertiary/aromatic N) is 4. The third-order valence-electron chi connectivity index (χ3n) is 4.44. The number of carbonyl (C=O) groups is 1. The van der Waals surface area contributed by atoms with Gasteiger partial charge in [-0.1, -0.05) is 6.07 Å². The smallest absolute Gasteiger partial charge is 0.255 e. The number of aromatic amines is 1. The number of hydrogen-bond acceptors (Lipinski definition) is 4. The lowest BCUT2D eigenvalue weighted by atomic mass is 9.96. The molecule has 4 rings (SSSR count). The van der Waals surface area contributed by atoms with Gasteiger partial charge in [-0.25, -0.2) is 0 Å². The number of pyridine rings is 1. The molecule has 1 amide bonds. The molecular weight excluding hydrogens is 292 g/mol. The summed E-state index contributed by atoms with van der Waals surface area (Å²) >= 11 is 0. The van der Waals surface area contributed by atoms with E-state index in [2.05, 4.69) is 15.2 Å². The highest BCUT2D eigenvalue weighted by atomic mass is 16.2. The first-order valence-electron chi connectivity index (χ1n) is 7.74. The number of amides is 1. The fourth-order valence-corrected chi connectivity index (χ4v) is 3.18. The fraction of sp³-hybridized carbons (Fsp3) is 0.312. The first-order chi connectivity index (χ1) is 11.2. The minimum absolute atomic E-state index is 0.0873. The third-order valence-corrected chi connectivity index (χ3v) is 4.44. The summed E-state index contributed by atoms with van der Waals surface area (Å²) in [5, 5.41) is 6.75. The summed E-state index contributed by atoms with van der Waals surface area (Å²) in [4.78, 5) is 18.8. The lowest BCUT2D eigenvalue weighted by Crippen LogP contribution is -2.38. The van der Waals surface area contributed by atoms with Gasteiger partial charge in [0.2, 0.25) is 5.95 Å². The van der Waals surface area contributed by atoms with Crippen LogP contribution in [0.3, 0.4) is 0 Å². The number of piperidine rings is 1. The predicted octanol–water partition coefficient (Wildman–Crippen LogP) is 1.66. The van der Waals surface area contributed by atoms with Crippen LogP contribution in [0.2, 0.25) is 0 Å². The Balaban J connectivity index is 1.46. The van der Waals surface area contributed by atoms with Crippen LogP contribution in [-0.4, -0.2) is 43.5 Å². The second-order valence-electron chi connectivity index (χ2n) is 5.91. The van der Waals surface area contributed by atoms with E-state index >= 15 is 0 Å². The predicted molar refractivity (Wildman–Crippen MR) is 86.1 cm³/mol. The van der Waals surface area contributed by atoms with E-state index in [9.17, 15) is 4.79 Å². The van der Waals surface area contributed by atoms with Crippen LogP contribution in [0, 0.1) is 0 Å². The van der Waals surface area contributed by atoms with Crippen molar-refractivity contribution in [3.63, 3.8) is 0 Å². The third kappa shape index (κ3) is 2.54. The summed E-state index contributed by atoms with van der Waals surface area (Å²) in [7, 11) is 0. The highest BCUT2D eigenvalue weighted by Gasteiger charge is 2.26. The van der Waals surface area contributed by atoms with Crippen molar-refractivity contribution in [2.24, 2.45) is 0 Å². The summed E-state index contributed by atoms with van der Waals surface area (Å²) < 4.78 is 1.97. The van der Waals surface area contributed by atoms with E-state index in [1.54, 1.807) is 0 Å². The molecule has 23 heavy (non-hydrogen) atoms. The summed E-state index contributed by atoms with van der Waals surface area (Å²) in [6.07, 6.45) is 5.58. The molecule has 4 heterocycles. The molecule has 0 spiro atoms. The maximum absolute atomic E-state index is 12.7. The second kappa shape index (κ2) is 5.42. The Morgan fingerprint density at radius 1 is 1.30 bits per heavy atom. The monoisotopic (exact) mass is 310 g/mol. The Labute approximate surface area is 133 Å². The maximum Gasteiger partial charge on any atom is 0.255 e. The lowest BCUT2D eigenvalue weighted by molar-refractivity contribution is 0.0711. The fourth-order valence-electron chi connectivity index (χ4n) is 3.18. The number of fused-ring (bicyclic) bond motifs is 1. The number of rotatable bonds is 2. The number of aromatic nitrogens is 4. The van der Waals surface area contributed by atoms with E-state index in [1.165, 1.54) is 0 Å². The first-order valence-corrected chi connectivity index (χ1v) is 7.74. The highest BCUT2D eigenvalue weighted by molar-refractivity contribution is 5.95. The van der Waals surface area contributed by atoms with E-state index in [0.29, 0.717) is 0 Å². The number of carbonyl (C=O) groups excluding carboxylic acids is 1. The van der Waals surface area contributed by atoms with E-state index < -0.39 is 0 Å². The second-order valence-corrected chi connectivity index (χ2v) is 5.91. The highest BCUT2D eigenvalue weighted by Crippen LogP contribution is 2.26. The van der Waals surface area contributed by atoms with Crippen LogP contribution in [0.15, 0.2) is 36.7 Å². The van der Waals surface area contributed by atoms with Gasteiger partial charge in [-0.15, -0.1) is 5.10 Å². The Morgan fingerprint density at radius 3 is 2.83 bits per heavy atom. The molecule has 0 saturated carbocycles. The summed E-state index contributed by atoms with van der Waals surface area (Å²) in [6, 6.07) is 7.86. The van der Waals surface area contributed by atoms with Crippen LogP contribution in [0.4, 0.5) is 5.95 Å². The quantitative estimate of drug-likeness (QED) is 0.753. The zero-order chi connectivity index (χ0) is 15.8. The number of H-pyrrole nitrogens is 1. The number of hydrogen-bond donors (Lipinski definition) is 2. The molecule has 0 radical (unpaired) electrons. The SMILES string of the molecule is Nc1n[nH]c(C2CCN(C(=O)c3cc4ccccn4c3)CC2)n1. The van der Waals surface area contributed by atoms with Crippen LogP contribution in [0.1, 0.15) is 34.9 Å². The standard InChI is InChI=1S/C16H18N6O/c17-16-18-14(19-20-16)11-4-7-21(8-5-11)15(23)12-9-13-3-1-2-6-22(13)10-12/h1-3,6,9-11H,4-5,7-8H2,(H3,17,18,19,20). The molecular formula is C16H18N6O. The molecule has 0 unspecified atom stereocenters. The zero-order valence-corrected chi connectivity index (χ0v) is 12.6. The largest absolute Gasteiger partial charge is 0.367 e. The van der Waals surface area contributed by atoms with Gasteiger partial charge >= 0.3 is 0 Å². The Hall–Kier alpha value is -2.83. The van der Waals surface area contributed by atoms with Crippen molar-refractivity contribution >= 4 is 17.4 Å². The minimum Gasteiger partial charge on any atom is -0.367 e. The Bertz CT molecular complexity index is 810. The van der Waals surface area contributed by atoms with Gasteiger partial charge in [0.25, 0.3) is 5.91 Å². The van der Waals surface area contributed by atoms with E-state index in [-0.39, 0.29) is 17.8 Å². The Morgan fingerprint density at radius 2 is 2.13 bits per heavy atom. The number of nitrogens with one attached hydrogen (secondary N) is 1. The van der Waals surface area contributed by atoms with Crippen LogP contribution >= 0.6 is 0 Å². The van der Waals surface area contributed by atoms with Crippen molar-refractivity contribution in [3.8, 4) is 0 Å². The van der Waals surface area contributed by atoms with Crippen molar-refractivity contribution in [3.05, 3.63) is 48.0 Å². The summed E-state index contributed by atoms with van der Waals surface area (Å²) in [6.45, 7) is 1.44. The molecule has 3 aromatic rings. The number of nitrogen functional groups attached to an aromatic ring is 1. The van der Waals surface area contributed by atoms with Crippen molar-refractivity contribution < 1.29 is 4.79 Å². The average molecular weight is 310 g/mol. The van der Waals surface area contributed by atoms with Gasteiger partial charge in [0.1, 0.15) is 5.82 Å². The van der Waals surface area contributed by atoms with E-state index in [1.807, 2.05) is 46.0 Å². The molecule has 1 aliphatic rings. The molecule has 7 nitrogen and oxygen atoms in total. The maximum atomic E-state index is 12.7. The molecule has 0 aliphatic carbocycles. The molecule has 118 valence electrons. The topological polar surface area (TPSA) is 92.3 Å². The minimum atomic E-state index is 0.0873. The van der Waals surface area contributed by atoms with Crippen LogP contribution in [-0.2, 0) is 0 Å². The normalized spacial score (nSPS) is 16.1. The van der Waals surface area contributed by atoms with Gasteiger partial charge in [0.05, 0.1) is 5.56 Å². The number of nitrogens with two attached hydrogens (primary N) is 1. The van der Waals surface area contributed by atoms with Crippen molar-refractivity contribution in [1.82, 2.24) is 24.5 Å². The molecule has 0 bridgehead atoms. The molecule has 1 aliphatic heterocycles. The zero-order valence-electron chi connectivity index (χ0n) is 12.6. The van der Waals surface area contributed by atoms with E-state index in [4.69, 9.17) is 5.73 Å². The molecule has 7 heteroatoms. The molecule has 0 atom stereocenters. The van der Waals surface area contributed by atoms with Crippen LogP contribution in [0.5, 0.6) is 0 Å². The molecule has 3 N–H and O–H groups in total. The molecule has 1 fully saturated rings. The van der Waals surface area contributed by atoms with Gasteiger partial charge < -0.3 is 15.0 Å². The van der Waals surface area contributed by atoms with Gasteiger partial charge in [-0.3, -0.25) is 9.89 Å². The van der Waals surface area contributed by atoms with Gasteiger partial charge in [-0.2, -0.15) is 4.98 Å². The summed E-state index contributed by atoms with van der Waals surface area (Å²) in [5.41, 5.74) is 7.32. The van der Waals surface area contributed by atoms with Crippen molar-refractivity contribution in [1.29, 1.82) is 0 Å². The van der Waals surface area contributed by atoms with Crippen molar-refractivity contribution in [2.75, 3.05) is 18.8 Å². The summed E-state index contributed by atoms with van der Waals surface area (Å²) in [5.74, 6) is 1.48. The van der Waals surface area contributed by atoms with Crippen molar-refractivity contribution in [2.45, 2.75) is 18.8 Å². The lowest BCUT2D eigenvalue weighted by Gasteiger charge is -2.30. The first kappa shape index (κ1) is 13.8. The number of likely N-dealkylation sites (tertiary alicyclic amines) is 1. The molecule has 3 aromatic heterocycles. The molecule has 0 aromatic carbocycles. The number of anilines is 1. The van der Waals surface area contributed by atoms with Crippen LogP contribution < -0.4 is 5.73 Å². The van der Waals surface area contributed by atoms with Crippen LogP contribution in [0.25, 0.3) is 5.52 Å². The van der Waals surface area contributed by atoms with E-state index in [0.717, 1.165) is 42.8 Å². The van der Waals surface area contributed by atoms with Gasteiger partial charge in [0.15, 0.2) is 0 Å². The molecule has 1 saturated heterocycles. The van der Waals surface area contributed by atoms with Gasteiger partial charge in [-0.05, 0) is 31.0 Å². The average Bonchev–Trinajstić information content (AvgIpc) is 3.20.